The summed E-state index contributed by atoms with van der Waals surface area (Å²) in [7, 11) is 1.56. The van der Waals surface area contributed by atoms with Crippen LogP contribution in [0.3, 0.4) is 0 Å². The molecule has 1 aliphatic heterocycles. The zero-order valence-corrected chi connectivity index (χ0v) is 14.7. The summed E-state index contributed by atoms with van der Waals surface area (Å²) in [5.41, 5.74) is 1.06. The third-order valence-corrected chi connectivity index (χ3v) is 3.92. The maximum absolute atomic E-state index is 12.4. The maximum atomic E-state index is 12.4. The van der Waals surface area contributed by atoms with E-state index in [0.29, 0.717) is 46.7 Å². The molecule has 2 aromatic rings. The molecule has 132 valence electrons. The molecule has 6 nitrogen and oxygen atoms in total. The van der Waals surface area contributed by atoms with Gasteiger partial charge >= 0.3 is 0 Å². The van der Waals surface area contributed by atoms with Gasteiger partial charge in [0, 0.05) is 5.69 Å². The van der Waals surface area contributed by atoms with E-state index in [1.165, 1.54) is 6.08 Å². The van der Waals surface area contributed by atoms with Crippen LogP contribution in [-0.2, 0) is 4.79 Å². The largest absolute Gasteiger partial charge is 0.497 e. The molecule has 0 spiro atoms. The van der Waals surface area contributed by atoms with Gasteiger partial charge in [-0.15, -0.1) is 0 Å². The first-order valence-corrected chi connectivity index (χ1v) is 8.15. The quantitative estimate of drug-likeness (QED) is 0.656. The average Bonchev–Trinajstić information content (AvgIpc) is 2.66. The number of hydrogen-bond donors (Lipinski definition) is 1. The van der Waals surface area contributed by atoms with E-state index in [0.717, 1.165) is 0 Å². The van der Waals surface area contributed by atoms with Crippen LogP contribution in [0.1, 0.15) is 5.56 Å². The van der Waals surface area contributed by atoms with E-state index in [1.807, 2.05) is 6.07 Å². The zero-order valence-electron chi connectivity index (χ0n) is 13.9. The van der Waals surface area contributed by atoms with E-state index in [1.54, 1.807) is 43.5 Å². The van der Waals surface area contributed by atoms with E-state index in [2.05, 4.69) is 5.32 Å². The van der Waals surface area contributed by atoms with Gasteiger partial charge in [-0.3, -0.25) is 4.79 Å². The van der Waals surface area contributed by atoms with Crippen LogP contribution in [0, 0.1) is 11.3 Å². The summed E-state index contributed by atoms with van der Waals surface area (Å²) in [5.74, 6) is 1.10. The van der Waals surface area contributed by atoms with Gasteiger partial charge in [0.15, 0.2) is 11.5 Å². The highest BCUT2D eigenvalue weighted by atomic mass is 35.5. The summed E-state index contributed by atoms with van der Waals surface area (Å²) in [4.78, 5) is 12.4. The molecular weight excluding hydrogens is 356 g/mol. The topological polar surface area (TPSA) is 80.6 Å². The third kappa shape index (κ3) is 3.90. The monoisotopic (exact) mass is 370 g/mol. The lowest BCUT2D eigenvalue weighted by Crippen LogP contribution is -2.16. The molecule has 0 unspecified atom stereocenters. The number of carbonyl (C=O) groups is 1. The van der Waals surface area contributed by atoms with Gasteiger partial charge < -0.3 is 19.5 Å². The number of methoxy groups -OCH3 is 1. The molecule has 1 N–H and O–H groups in total. The highest BCUT2D eigenvalue weighted by molar-refractivity contribution is 6.32. The summed E-state index contributed by atoms with van der Waals surface area (Å²) in [6, 6.07) is 12.0. The van der Waals surface area contributed by atoms with Crippen LogP contribution < -0.4 is 19.5 Å². The van der Waals surface area contributed by atoms with Gasteiger partial charge in [-0.05, 0) is 48.0 Å². The van der Waals surface area contributed by atoms with Crippen molar-refractivity contribution in [3.8, 4) is 23.3 Å². The highest BCUT2D eigenvalue weighted by Crippen LogP contribution is 2.38. The van der Waals surface area contributed by atoms with Gasteiger partial charge in [0.1, 0.15) is 30.6 Å². The first-order valence-electron chi connectivity index (χ1n) is 7.77. The minimum Gasteiger partial charge on any atom is -0.497 e. The lowest BCUT2D eigenvalue weighted by Gasteiger charge is -2.19. The molecule has 1 heterocycles. The first kappa shape index (κ1) is 17.6. The number of amides is 1. The third-order valence-electron chi connectivity index (χ3n) is 3.64. The normalized spacial score (nSPS) is 12.9. The Morgan fingerprint density at radius 2 is 2.00 bits per heavy atom. The lowest BCUT2D eigenvalue weighted by molar-refractivity contribution is -0.112. The molecule has 26 heavy (non-hydrogen) atoms. The SMILES string of the molecule is COc1ccc(NC(=O)/C(C#N)=C\c2cc(Cl)c3c(c2)OCCO3)cc1. The predicted octanol–water partition coefficient (Wildman–Crippen LogP) is 3.67. The number of nitrogens with zero attached hydrogens (tertiary/aromatic N) is 1. The zero-order chi connectivity index (χ0) is 18.5. The van der Waals surface area contributed by atoms with E-state index in [9.17, 15) is 10.1 Å². The van der Waals surface area contributed by atoms with Crippen molar-refractivity contribution in [1.82, 2.24) is 0 Å². The van der Waals surface area contributed by atoms with Crippen molar-refractivity contribution in [3.63, 3.8) is 0 Å². The number of carbonyl (C=O) groups excluding carboxylic acids is 1. The predicted molar refractivity (Wildman–Crippen MR) is 97.7 cm³/mol. The summed E-state index contributed by atoms with van der Waals surface area (Å²) in [6.45, 7) is 0.842. The Labute approximate surface area is 155 Å². The molecule has 0 bridgehead atoms. The summed E-state index contributed by atoms with van der Waals surface area (Å²) < 4.78 is 16.0. The second kappa shape index (κ2) is 7.81. The smallest absolute Gasteiger partial charge is 0.266 e. The van der Waals surface area contributed by atoms with Crippen molar-refractivity contribution in [2.24, 2.45) is 0 Å². The number of rotatable bonds is 4. The Hall–Kier alpha value is -3.17. The molecule has 0 aliphatic carbocycles. The fourth-order valence-electron chi connectivity index (χ4n) is 2.40. The molecule has 2 aromatic carbocycles. The molecule has 1 amide bonds. The van der Waals surface area contributed by atoms with Crippen molar-refractivity contribution in [1.29, 1.82) is 5.26 Å². The number of nitriles is 1. The van der Waals surface area contributed by atoms with Crippen LogP contribution in [0.15, 0.2) is 42.0 Å². The molecule has 3 rings (SSSR count). The van der Waals surface area contributed by atoms with Crippen LogP contribution >= 0.6 is 11.6 Å². The van der Waals surface area contributed by atoms with Crippen molar-refractivity contribution in [3.05, 3.63) is 52.6 Å². The molecule has 1 aliphatic rings. The van der Waals surface area contributed by atoms with Crippen molar-refractivity contribution in [2.75, 3.05) is 25.6 Å². The van der Waals surface area contributed by atoms with Crippen molar-refractivity contribution < 1.29 is 19.0 Å². The Bertz CT molecular complexity index is 901. The number of fused-ring (bicyclic) bond motifs is 1. The Kier molecular flexibility index (Phi) is 5.30. The van der Waals surface area contributed by atoms with E-state index in [-0.39, 0.29) is 5.57 Å². The minimum absolute atomic E-state index is 0.0615. The summed E-state index contributed by atoms with van der Waals surface area (Å²) in [5, 5.41) is 12.4. The average molecular weight is 371 g/mol. The Morgan fingerprint density at radius 1 is 1.27 bits per heavy atom. The van der Waals surface area contributed by atoms with E-state index >= 15 is 0 Å². The number of anilines is 1. The Morgan fingerprint density at radius 3 is 2.69 bits per heavy atom. The standard InChI is InChI=1S/C19H15ClN2O4/c1-24-15-4-2-14(3-5-15)22-19(23)13(11-21)8-12-9-16(20)18-17(10-12)25-6-7-26-18/h2-5,8-10H,6-7H2,1H3,(H,22,23)/b13-8-. The van der Waals surface area contributed by atoms with Crippen LogP contribution in [0.25, 0.3) is 6.08 Å². The first-order chi connectivity index (χ1) is 12.6. The Balaban J connectivity index is 1.82. The molecule has 7 heteroatoms. The van der Waals surface area contributed by atoms with Crippen LogP contribution in [0.2, 0.25) is 5.02 Å². The van der Waals surface area contributed by atoms with Gasteiger partial charge in [-0.1, -0.05) is 11.6 Å². The molecule has 0 aromatic heterocycles. The second-order valence-corrected chi connectivity index (χ2v) is 5.79. The highest BCUT2D eigenvalue weighted by Gasteiger charge is 2.17. The number of ether oxygens (including phenoxy) is 3. The number of benzene rings is 2. The van der Waals surface area contributed by atoms with Crippen molar-refractivity contribution in [2.45, 2.75) is 0 Å². The maximum Gasteiger partial charge on any atom is 0.266 e. The van der Waals surface area contributed by atoms with Crippen LogP contribution in [0.4, 0.5) is 5.69 Å². The summed E-state index contributed by atoms with van der Waals surface area (Å²) >= 11 is 6.18. The van der Waals surface area contributed by atoms with Gasteiger partial charge in [-0.2, -0.15) is 5.26 Å². The number of nitrogens with one attached hydrogen (secondary N) is 1. The molecule has 0 saturated heterocycles. The molecule has 0 fully saturated rings. The number of hydrogen-bond acceptors (Lipinski definition) is 5. The van der Waals surface area contributed by atoms with Gasteiger partial charge in [0.05, 0.1) is 12.1 Å². The van der Waals surface area contributed by atoms with Gasteiger partial charge in [0.25, 0.3) is 5.91 Å². The number of halogens is 1. The van der Waals surface area contributed by atoms with E-state index in [4.69, 9.17) is 25.8 Å². The lowest BCUT2D eigenvalue weighted by atomic mass is 10.1. The molecule has 0 radical (unpaired) electrons. The second-order valence-electron chi connectivity index (χ2n) is 5.38. The molecular formula is C19H15ClN2O4. The molecule has 0 saturated carbocycles. The molecule has 0 atom stereocenters. The summed E-state index contributed by atoms with van der Waals surface area (Å²) in [6.07, 6.45) is 1.45. The van der Waals surface area contributed by atoms with Gasteiger partial charge in [-0.25, -0.2) is 0 Å². The minimum atomic E-state index is -0.524. The van der Waals surface area contributed by atoms with Crippen LogP contribution in [0.5, 0.6) is 17.2 Å². The van der Waals surface area contributed by atoms with Crippen LogP contribution in [-0.4, -0.2) is 26.2 Å². The van der Waals surface area contributed by atoms with Crippen molar-refractivity contribution >= 4 is 29.3 Å². The van der Waals surface area contributed by atoms with E-state index < -0.39 is 5.91 Å². The fraction of sp³-hybridized carbons (Fsp3) is 0.158. The van der Waals surface area contributed by atoms with Gasteiger partial charge in [0.2, 0.25) is 0 Å². The fourth-order valence-corrected chi connectivity index (χ4v) is 2.68.